The van der Waals surface area contributed by atoms with Crippen molar-refractivity contribution in [2.75, 3.05) is 24.7 Å². The maximum atomic E-state index is 16.4. The molecule has 284 valence electrons. The van der Waals surface area contributed by atoms with Gasteiger partial charge in [0.05, 0.1) is 37.2 Å². The molecule has 0 aromatic carbocycles. The summed E-state index contributed by atoms with van der Waals surface area (Å²) in [6, 6.07) is 0. The van der Waals surface area contributed by atoms with Gasteiger partial charge in [-0.05, 0) is 41.7 Å². The summed E-state index contributed by atoms with van der Waals surface area (Å²) in [7, 11) is -2.56. The third kappa shape index (κ3) is 7.25. The number of thioether (sulfide) groups is 1. The Bertz CT molecular complexity index is 2180. The van der Waals surface area contributed by atoms with Gasteiger partial charge in [0.1, 0.15) is 35.5 Å². The van der Waals surface area contributed by atoms with Gasteiger partial charge in [-0.3, -0.25) is 23.4 Å². The highest BCUT2D eigenvalue weighted by atomic mass is 32.9. The molecule has 0 spiro atoms. The number of thiol groups is 1. The van der Waals surface area contributed by atoms with E-state index in [0.29, 0.717) is 0 Å². The van der Waals surface area contributed by atoms with Crippen molar-refractivity contribution in [2.45, 2.75) is 86.3 Å². The Kier molecular flexibility index (Phi) is 10.3. The maximum Gasteiger partial charge on any atom is 0.325 e. The monoisotopic (exact) mass is 854 g/mol. The molecule has 4 aromatic rings. The molecule has 52 heavy (non-hydrogen) atoms. The van der Waals surface area contributed by atoms with Crippen LogP contribution in [0.25, 0.3) is 22.3 Å². The fourth-order valence-corrected chi connectivity index (χ4v) is 12.4. The van der Waals surface area contributed by atoms with E-state index < -0.39 is 80.3 Å². The Labute approximate surface area is 317 Å². The Morgan fingerprint density at radius 3 is 2.52 bits per heavy atom. The molecule has 18 nitrogen and oxygen atoms in total. The summed E-state index contributed by atoms with van der Waals surface area (Å²) in [4.78, 5) is 47.8. The van der Waals surface area contributed by atoms with Crippen molar-refractivity contribution in [3.8, 4) is 0 Å². The summed E-state index contributed by atoms with van der Waals surface area (Å²) in [5.74, 6) is -0.0115. The molecular weight excluding hydrogens is 818 g/mol. The Balaban J connectivity index is 1.27. The molecule has 2 bridgehead atoms. The lowest BCUT2D eigenvalue weighted by atomic mass is 10.1. The van der Waals surface area contributed by atoms with E-state index in [0.717, 1.165) is 0 Å². The number of imidazole rings is 2. The summed E-state index contributed by atoms with van der Waals surface area (Å²) in [6.45, 7) is 5.67. The molecule has 3 fully saturated rings. The Morgan fingerprint density at radius 2 is 1.79 bits per heavy atom. The van der Waals surface area contributed by atoms with Gasteiger partial charge in [0.25, 0.3) is 5.56 Å². The third-order valence-electron chi connectivity index (χ3n) is 9.49. The number of ether oxygens (including phenoxy) is 1. The molecule has 4 aromatic heterocycles. The standard InChI is InChI=1S/C26H37FN10O8P2S4Si/c1-26(2,3)52(4,5)45-17-12-7-41-47(49,50)44-16-11(42-23(13(16)27)36-9-32-14-19(28)30-8-31-20(14)36)6-40-46(39,48)43-18(17)24(51-12)37-10-33-15-21(37)34-25(29)35-22(15)38/h8-13,16-18,23-24H,6-7H2,1-5H3,(H,39,48)(H,49,50)(H2,28,30,31)(H3,29,34,35,38)/t11-,12-,13+,16-,17-,18-,23-,24-,46?/m1/s1. The predicted octanol–water partition coefficient (Wildman–Crippen LogP) is 3.55. The summed E-state index contributed by atoms with van der Waals surface area (Å²) in [5.41, 5.74) is 8.52. The number of aromatic amines is 1. The van der Waals surface area contributed by atoms with E-state index in [1.165, 1.54) is 35.3 Å². The van der Waals surface area contributed by atoms with Gasteiger partial charge in [-0.25, -0.2) is 24.3 Å². The van der Waals surface area contributed by atoms with Gasteiger partial charge in [0, 0.05) is 0 Å². The number of alkyl halides is 1. The van der Waals surface area contributed by atoms with E-state index in [4.69, 9.17) is 62.3 Å². The second-order valence-corrected chi connectivity index (χ2v) is 28.1. The molecule has 3 saturated heterocycles. The smallest absolute Gasteiger partial charge is 0.325 e. The van der Waals surface area contributed by atoms with Crippen LogP contribution in [0.2, 0.25) is 18.1 Å². The van der Waals surface area contributed by atoms with Crippen molar-refractivity contribution in [3.05, 3.63) is 29.3 Å². The van der Waals surface area contributed by atoms with Crippen molar-refractivity contribution in [2.24, 2.45) is 0 Å². The number of nitrogens with two attached hydrogens (primary N) is 2. The molecule has 26 heteroatoms. The van der Waals surface area contributed by atoms with Gasteiger partial charge < -0.3 is 39.1 Å². The molecule has 2 unspecified atom stereocenters. The molecule has 3 aliphatic rings. The van der Waals surface area contributed by atoms with Crippen LogP contribution >= 0.6 is 36.4 Å². The lowest BCUT2D eigenvalue weighted by Crippen LogP contribution is -2.50. The van der Waals surface area contributed by atoms with E-state index in [1.807, 2.05) is 0 Å². The fraction of sp³-hybridized carbons (Fsp3) is 0.615. The number of nitrogens with one attached hydrogen (secondary N) is 1. The van der Waals surface area contributed by atoms with Crippen LogP contribution in [-0.2, 0) is 50.9 Å². The van der Waals surface area contributed by atoms with Gasteiger partial charge in [0.15, 0.2) is 43.3 Å². The highest BCUT2D eigenvalue weighted by molar-refractivity contribution is 8.60. The zero-order chi connectivity index (χ0) is 37.5. The van der Waals surface area contributed by atoms with Crippen LogP contribution in [0.15, 0.2) is 23.8 Å². The number of nitrogen functional groups attached to an aromatic ring is 2. The molecule has 6 N–H and O–H groups in total. The van der Waals surface area contributed by atoms with E-state index in [2.05, 4.69) is 76.0 Å². The molecule has 0 amide bonds. The van der Waals surface area contributed by atoms with Crippen molar-refractivity contribution < 1.29 is 36.5 Å². The fourth-order valence-electron chi connectivity index (χ4n) is 5.91. The third-order valence-corrected chi connectivity index (χ3v) is 19.2. The molecule has 7 heterocycles. The van der Waals surface area contributed by atoms with E-state index in [-0.39, 0.29) is 45.7 Å². The summed E-state index contributed by atoms with van der Waals surface area (Å²) < 4.78 is 57.1. The molecule has 0 saturated carbocycles. The predicted molar refractivity (Wildman–Crippen MR) is 205 cm³/mol. The van der Waals surface area contributed by atoms with Gasteiger partial charge in [0.2, 0.25) is 11.6 Å². The number of aromatic nitrogens is 8. The molecule has 0 radical (unpaired) electrons. The second kappa shape index (κ2) is 13.8. The minimum absolute atomic E-state index is 0.0445. The van der Waals surface area contributed by atoms with E-state index in [9.17, 15) is 9.69 Å². The van der Waals surface area contributed by atoms with Crippen LogP contribution in [0.5, 0.6) is 0 Å². The normalized spacial score (nSPS) is 34.9. The van der Waals surface area contributed by atoms with Gasteiger partial charge in [-0.1, -0.05) is 33.0 Å². The lowest BCUT2D eigenvalue weighted by Gasteiger charge is -2.41. The Hall–Kier alpha value is -1.63. The number of fused-ring (bicyclic) bond motifs is 5. The van der Waals surface area contributed by atoms with Gasteiger partial charge >= 0.3 is 6.72 Å². The number of hydrogen-bond donors (Lipinski definition) is 5. The molecule has 0 aliphatic carbocycles. The zero-order valence-electron chi connectivity index (χ0n) is 28.3. The number of halogens is 1. The van der Waals surface area contributed by atoms with Crippen molar-refractivity contribution >= 4 is 102 Å². The quantitative estimate of drug-likeness (QED) is 0.112. The topological polar surface area (TPSA) is 235 Å². The first-order chi connectivity index (χ1) is 24.3. The van der Waals surface area contributed by atoms with E-state index >= 15 is 4.39 Å². The first-order valence-electron chi connectivity index (χ1n) is 15.8. The minimum Gasteiger partial charge on any atom is -0.410 e. The molecular formula is C26H37FN10O8P2S4Si. The summed E-state index contributed by atoms with van der Waals surface area (Å²) >= 11 is 17.3. The first-order valence-corrected chi connectivity index (χ1v) is 26.1. The van der Waals surface area contributed by atoms with E-state index in [1.54, 1.807) is 4.57 Å². The second-order valence-electron chi connectivity index (χ2n) is 13.9. The SMILES string of the molecule is CC(C)(C)[Si](C)(C)O[C@H]1[C@H]2OP(O)(=S)OC[C@H]3O[C@@H](n4cnc5c(N)ncnc54)[C@@H](F)[C@@H]3OP(=S)(S)OC[C@H]1S[C@H]2n1cnc2c(=O)[nH]c(N)nc21. The van der Waals surface area contributed by atoms with Crippen LogP contribution in [0.3, 0.4) is 0 Å². The van der Waals surface area contributed by atoms with Crippen LogP contribution in [0.1, 0.15) is 32.4 Å². The summed E-state index contributed by atoms with van der Waals surface area (Å²) in [6.07, 6.45) is -3.51. The molecule has 7 rings (SSSR count). The van der Waals surface area contributed by atoms with Gasteiger partial charge in [-0.2, -0.15) is 4.98 Å². The highest BCUT2D eigenvalue weighted by Gasteiger charge is 2.55. The minimum atomic E-state index is -4.17. The zero-order valence-corrected chi connectivity index (χ0v) is 34.4. The maximum absolute atomic E-state index is 16.4. The van der Waals surface area contributed by atoms with Crippen molar-refractivity contribution in [1.82, 2.24) is 39.0 Å². The molecule has 10 atom stereocenters. The number of nitrogens with zero attached hydrogens (tertiary/aromatic N) is 7. The molecule has 3 aliphatic heterocycles. The number of hydrogen-bond acceptors (Lipinski definition) is 17. The van der Waals surface area contributed by atoms with Crippen LogP contribution in [0, 0.1) is 0 Å². The first kappa shape index (κ1) is 38.6. The number of rotatable bonds is 4. The van der Waals surface area contributed by atoms with Gasteiger partial charge in [-0.15, -0.1) is 11.8 Å². The van der Waals surface area contributed by atoms with Crippen molar-refractivity contribution in [1.29, 1.82) is 0 Å². The van der Waals surface area contributed by atoms with Crippen LogP contribution < -0.4 is 17.0 Å². The number of anilines is 2. The average Bonchev–Trinajstić information content (AvgIpc) is 3.80. The largest absolute Gasteiger partial charge is 0.410 e. The van der Waals surface area contributed by atoms with Crippen molar-refractivity contribution in [3.63, 3.8) is 0 Å². The van der Waals surface area contributed by atoms with Crippen LogP contribution in [0.4, 0.5) is 16.2 Å². The van der Waals surface area contributed by atoms with Crippen LogP contribution in [-0.4, -0.2) is 101 Å². The lowest BCUT2D eigenvalue weighted by molar-refractivity contribution is -0.0439. The highest BCUT2D eigenvalue weighted by Crippen LogP contribution is 2.61. The summed E-state index contributed by atoms with van der Waals surface area (Å²) in [5, 5.41) is -1.51. The average molecular weight is 855 g/mol. The Morgan fingerprint density at radius 1 is 1.08 bits per heavy atom. The number of H-pyrrole nitrogens is 1.